The van der Waals surface area contributed by atoms with Crippen molar-refractivity contribution in [2.45, 2.75) is 44.2 Å². The van der Waals surface area contributed by atoms with Gasteiger partial charge in [-0.1, -0.05) is 12.2 Å². The van der Waals surface area contributed by atoms with Crippen molar-refractivity contribution in [3.05, 3.63) is 47.5 Å². The smallest absolute Gasteiger partial charge is 0.226 e. The van der Waals surface area contributed by atoms with Crippen LogP contribution >= 0.6 is 0 Å². The van der Waals surface area contributed by atoms with Gasteiger partial charge in [0.1, 0.15) is 11.6 Å². The largest absolute Gasteiger partial charge is 0.337 e. The number of piperidine rings is 3. The van der Waals surface area contributed by atoms with E-state index in [0.29, 0.717) is 24.4 Å². The molecule has 0 unspecified atom stereocenters. The lowest BCUT2D eigenvalue weighted by atomic mass is 9.75. The Morgan fingerprint density at radius 3 is 2.48 bits per heavy atom. The average molecular weight is 346 g/mol. The molecule has 0 N–H and O–H groups in total. The van der Waals surface area contributed by atoms with Crippen LogP contribution in [0.5, 0.6) is 0 Å². The molecule has 0 saturated carbocycles. The van der Waals surface area contributed by atoms with Gasteiger partial charge in [-0.15, -0.1) is 0 Å². The molecule has 4 aliphatic heterocycles. The highest BCUT2D eigenvalue weighted by Crippen LogP contribution is 2.46. The third-order valence-corrected chi connectivity index (χ3v) is 6.16. The van der Waals surface area contributed by atoms with Crippen LogP contribution in [0.4, 0.5) is 8.78 Å². The SMILES string of the molecule is CC=CCC(=O)N1C[C@H](c2cc(F)cc(F)c2)[C@@H]2[C@H]1C1CCN2CC1. The maximum Gasteiger partial charge on any atom is 0.226 e. The number of rotatable bonds is 3. The molecule has 4 saturated heterocycles. The monoisotopic (exact) mass is 346 g/mol. The van der Waals surface area contributed by atoms with Crippen LogP contribution < -0.4 is 0 Å². The van der Waals surface area contributed by atoms with Gasteiger partial charge in [0.25, 0.3) is 0 Å². The number of hydrogen-bond donors (Lipinski definition) is 0. The zero-order valence-electron chi connectivity index (χ0n) is 14.5. The zero-order valence-corrected chi connectivity index (χ0v) is 14.5. The van der Waals surface area contributed by atoms with Crippen molar-refractivity contribution in [2.24, 2.45) is 5.92 Å². The first-order chi connectivity index (χ1) is 12.1. The van der Waals surface area contributed by atoms with E-state index in [1.807, 2.05) is 24.0 Å². The molecule has 134 valence electrons. The van der Waals surface area contributed by atoms with Gasteiger partial charge in [0.15, 0.2) is 0 Å². The summed E-state index contributed by atoms with van der Waals surface area (Å²) in [4.78, 5) is 17.2. The Balaban J connectivity index is 1.69. The highest BCUT2D eigenvalue weighted by Gasteiger charge is 2.54. The van der Waals surface area contributed by atoms with Crippen molar-refractivity contribution < 1.29 is 13.6 Å². The first-order valence-corrected chi connectivity index (χ1v) is 9.19. The molecule has 4 aliphatic rings. The Kier molecular flexibility index (Phi) is 4.36. The molecule has 1 aromatic rings. The van der Waals surface area contributed by atoms with Gasteiger partial charge in [-0.3, -0.25) is 9.69 Å². The van der Waals surface area contributed by atoms with E-state index in [4.69, 9.17) is 0 Å². The van der Waals surface area contributed by atoms with E-state index in [2.05, 4.69) is 4.90 Å². The number of carbonyl (C=O) groups excluding carboxylic acids is 1. The number of benzene rings is 1. The lowest BCUT2D eigenvalue weighted by Gasteiger charge is -2.51. The van der Waals surface area contributed by atoms with Crippen LogP contribution in [0.1, 0.15) is 37.7 Å². The fourth-order valence-corrected chi connectivity index (χ4v) is 5.12. The van der Waals surface area contributed by atoms with E-state index in [0.717, 1.165) is 32.0 Å². The lowest BCUT2D eigenvalue weighted by molar-refractivity contribution is -0.135. The number of halogens is 2. The van der Waals surface area contributed by atoms with Crippen molar-refractivity contribution in [3.8, 4) is 0 Å². The van der Waals surface area contributed by atoms with Crippen LogP contribution in [0.25, 0.3) is 0 Å². The summed E-state index contributed by atoms with van der Waals surface area (Å²) in [6, 6.07) is 4.15. The quantitative estimate of drug-likeness (QED) is 0.784. The average Bonchev–Trinajstić information content (AvgIpc) is 3.03. The molecular weight excluding hydrogens is 322 g/mol. The standard InChI is InChI=1S/C20H24F2N2O/c1-2-3-4-18(25)24-12-17(14-9-15(21)11-16(22)10-14)20-19(24)13-5-7-23(20)8-6-13/h2-3,9-11,13,17,19-20H,4-8,12H2,1H3/t17-,19-,20-/m1/s1. The number of amides is 1. The minimum absolute atomic E-state index is 0.0205. The molecule has 3 atom stereocenters. The topological polar surface area (TPSA) is 23.6 Å². The molecule has 0 aromatic heterocycles. The third-order valence-electron chi connectivity index (χ3n) is 6.16. The molecule has 25 heavy (non-hydrogen) atoms. The molecule has 4 heterocycles. The summed E-state index contributed by atoms with van der Waals surface area (Å²) in [5.41, 5.74) is 0.682. The summed E-state index contributed by atoms with van der Waals surface area (Å²) in [7, 11) is 0. The van der Waals surface area contributed by atoms with Gasteiger partial charge >= 0.3 is 0 Å². The molecule has 0 radical (unpaired) electrons. The zero-order chi connectivity index (χ0) is 17.6. The van der Waals surface area contributed by atoms with Crippen LogP contribution in [0, 0.1) is 17.6 Å². The molecule has 5 rings (SSSR count). The van der Waals surface area contributed by atoms with Gasteiger partial charge < -0.3 is 4.90 Å². The second-order valence-corrected chi connectivity index (χ2v) is 7.48. The van der Waals surface area contributed by atoms with Gasteiger partial charge in [-0.05, 0) is 56.5 Å². The Morgan fingerprint density at radius 2 is 1.84 bits per heavy atom. The number of fused-ring (bicyclic) bond motifs is 2. The fourth-order valence-electron chi connectivity index (χ4n) is 5.12. The molecule has 4 fully saturated rings. The summed E-state index contributed by atoms with van der Waals surface area (Å²) in [6.45, 7) is 4.52. The summed E-state index contributed by atoms with van der Waals surface area (Å²) >= 11 is 0. The highest BCUT2D eigenvalue weighted by molar-refractivity contribution is 5.79. The van der Waals surface area contributed by atoms with Crippen molar-refractivity contribution in [1.82, 2.24) is 9.80 Å². The molecule has 3 nitrogen and oxygen atoms in total. The maximum absolute atomic E-state index is 13.8. The van der Waals surface area contributed by atoms with Gasteiger partial charge in [0, 0.05) is 31.0 Å². The number of allylic oxidation sites excluding steroid dienone is 1. The predicted molar refractivity (Wildman–Crippen MR) is 92.1 cm³/mol. The molecule has 2 bridgehead atoms. The molecule has 5 heteroatoms. The maximum atomic E-state index is 13.8. The third kappa shape index (κ3) is 2.88. The van der Waals surface area contributed by atoms with Crippen LogP contribution in [0.15, 0.2) is 30.4 Å². The molecule has 0 aliphatic carbocycles. The van der Waals surface area contributed by atoms with E-state index in [1.165, 1.54) is 12.1 Å². The second kappa shape index (κ2) is 6.52. The first-order valence-electron chi connectivity index (χ1n) is 9.19. The highest BCUT2D eigenvalue weighted by atomic mass is 19.1. The van der Waals surface area contributed by atoms with E-state index in [9.17, 15) is 13.6 Å². The van der Waals surface area contributed by atoms with Crippen molar-refractivity contribution >= 4 is 5.91 Å². The fraction of sp³-hybridized carbons (Fsp3) is 0.550. The number of hydrogen-bond acceptors (Lipinski definition) is 2. The van der Waals surface area contributed by atoms with Crippen molar-refractivity contribution in [2.75, 3.05) is 19.6 Å². The van der Waals surface area contributed by atoms with Gasteiger partial charge in [0.2, 0.25) is 5.91 Å². The Bertz CT molecular complexity index is 677. The Hall–Kier alpha value is -1.75. The predicted octanol–water partition coefficient (Wildman–Crippen LogP) is 3.32. The van der Waals surface area contributed by atoms with Gasteiger partial charge in [0.05, 0.1) is 6.04 Å². The van der Waals surface area contributed by atoms with Crippen molar-refractivity contribution in [3.63, 3.8) is 0 Å². The Labute approximate surface area is 147 Å². The lowest BCUT2D eigenvalue weighted by Crippen LogP contribution is -2.60. The minimum Gasteiger partial charge on any atom is -0.337 e. The molecular formula is C20H24F2N2O. The van der Waals surface area contributed by atoms with E-state index < -0.39 is 11.6 Å². The van der Waals surface area contributed by atoms with Crippen LogP contribution in [-0.4, -0.2) is 47.4 Å². The molecule has 0 spiro atoms. The number of likely N-dealkylation sites (tertiary alicyclic amines) is 1. The van der Waals surface area contributed by atoms with E-state index in [-0.39, 0.29) is 23.9 Å². The van der Waals surface area contributed by atoms with Crippen LogP contribution in [-0.2, 0) is 4.79 Å². The van der Waals surface area contributed by atoms with Crippen molar-refractivity contribution in [1.29, 1.82) is 0 Å². The first kappa shape index (κ1) is 16.7. The van der Waals surface area contributed by atoms with Crippen LogP contribution in [0.3, 0.4) is 0 Å². The summed E-state index contributed by atoms with van der Waals surface area (Å²) in [6.07, 6.45) is 6.39. The number of nitrogens with zero attached hydrogens (tertiary/aromatic N) is 2. The number of carbonyl (C=O) groups is 1. The summed E-state index contributed by atoms with van der Waals surface area (Å²) in [5, 5.41) is 0. The minimum atomic E-state index is -0.541. The normalized spacial score (nSPS) is 33.9. The summed E-state index contributed by atoms with van der Waals surface area (Å²) < 4.78 is 27.5. The summed E-state index contributed by atoms with van der Waals surface area (Å²) in [5.74, 6) is -0.468. The van der Waals surface area contributed by atoms with E-state index in [1.54, 1.807) is 0 Å². The van der Waals surface area contributed by atoms with E-state index >= 15 is 0 Å². The van der Waals surface area contributed by atoms with Crippen LogP contribution in [0.2, 0.25) is 0 Å². The Morgan fingerprint density at radius 1 is 1.16 bits per heavy atom. The molecule has 1 aromatic carbocycles. The second-order valence-electron chi connectivity index (χ2n) is 7.48. The molecule has 1 amide bonds. The van der Waals surface area contributed by atoms with Gasteiger partial charge in [-0.2, -0.15) is 0 Å². The van der Waals surface area contributed by atoms with Gasteiger partial charge in [-0.25, -0.2) is 8.78 Å².